The molecule has 2 rings (SSSR count). The molecule has 0 atom stereocenters. The first-order valence-electron chi connectivity index (χ1n) is 6.78. The Hall–Kier alpha value is -1.34. The Morgan fingerprint density at radius 3 is 2.70 bits per heavy atom. The number of nitrogens with two attached hydrogens (primary N) is 1. The van der Waals surface area contributed by atoms with E-state index in [1.54, 1.807) is 4.90 Å². The molecule has 1 fully saturated rings. The molecular formula is C13H22N4O2S. The van der Waals surface area contributed by atoms with Crippen molar-refractivity contribution in [3.63, 3.8) is 0 Å². The van der Waals surface area contributed by atoms with Gasteiger partial charge in [-0.05, 0) is 33.6 Å². The zero-order valence-corrected chi connectivity index (χ0v) is 13.0. The Morgan fingerprint density at radius 1 is 1.55 bits per heavy atom. The maximum Gasteiger partial charge on any atom is 0.268 e. The summed E-state index contributed by atoms with van der Waals surface area (Å²) >= 11 is 1.27. The number of nitrogens with zero attached hydrogens (tertiary/aromatic N) is 2. The molecule has 4 N–H and O–H groups in total. The number of carbonyl (C=O) groups is 1. The van der Waals surface area contributed by atoms with Crippen LogP contribution in [0.4, 0.5) is 10.9 Å². The molecule has 1 amide bonds. The normalized spacial score (nSPS) is 15.2. The van der Waals surface area contributed by atoms with E-state index in [2.05, 4.69) is 10.3 Å². The van der Waals surface area contributed by atoms with Crippen molar-refractivity contribution in [1.82, 2.24) is 9.88 Å². The number of aliphatic hydroxyl groups is 1. The smallest absolute Gasteiger partial charge is 0.268 e. The molecule has 112 valence electrons. The van der Waals surface area contributed by atoms with E-state index in [0.717, 1.165) is 12.8 Å². The van der Waals surface area contributed by atoms with Crippen molar-refractivity contribution in [3.8, 4) is 0 Å². The van der Waals surface area contributed by atoms with Crippen LogP contribution < -0.4 is 11.1 Å². The molecule has 0 unspecified atom stereocenters. The Labute approximate surface area is 123 Å². The van der Waals surface area contributed by atoms with E-state index < -0.39 is 0 Å². The van der Waals surface area contributed by atoms with E-state index in [4.69, 9.17) is 10.8 Å². The van der Waals surface area contributed by atoms with Crippen molar-refractivity contribution < 1.29 is 9.90 Å². The van der Waals surface area contributed by atoms with Crippen LogP contribution in [-0.4, -0.2) is 45.6 Å². The summed E-state index contributed by atoms with van der Waals surface area (Å²) in [5.74, 6) is 0.133. The van der Waals surface area contributed by atoms with Gasteiger partial charge in [0.05, 0.1) is 6.61 Å². The second-order valence-corrected chi connectivity index (χ2v) is 7.06. The first-order chi connectivity index (χ1) is 9.31. The second-order valence-electron chi connectivity index (χ2n) is 6.06. The van der Waals surface area contributed by atoms with Gasteiger partial charge in [-0.25, -0.2) is 4.98 Å². The molecule has 1 heterocycles. The standard InChI is InChI=1S/C13H22N4O2S/c1-13(2,3)16-12-15-10(14)9(20-12)11(19)17(6-7-18)8-4-5-8/h8,18H,4-7,14H2,1-3H3,(H,15,16). The highest BCUT2D eigenvalue weighted by Gasteiger charge is 2.34. The van der Waals surface area contributed by atoms with E-state index in [1.807, 2.05) is 20.8 Å². The number of anilines is 2. The fraction of sp³-hybridized carbons (Fsp3) is 0.692. The third kappa shape index (κ3) is 3.61. The molecule has 0 spiro atoms. The molecule has 1 aliphatic rings. The zero-order valence-electron chi connectivity index (χ0n) is 12.1. The maximum absolute atomic E-state index is 12.5. The number of hydrogen-bond acceptors (Lipinski definition) is 6. The fourth-order valence-electron chi connectivity index (χ4n) is 1.93. The highest BCUT2D eigenvalue weighted by Crippen LogP contribution is 2.32. The average molecular weight is 298 g/mol. The molecule has 6 nitrogen and oxygen atoms in total. The lowest BCUT2D eigenvalue weighted by atomic mass is 10.1. The van der Waals surface area contributed by atoms with Crippen molar-refractivity contribution in [3.05, 3.63) is 4.88 Å². The molecule has 0 bridgehead atoms. The molecule has 1 aromatic rings. The Kier molecular flexibility index (Phi) is 4.19. The molecule has 20 heavy (non-hydrogen) atoms. The number of aliphatic hydroxyl groups excluding tert-OH is 1. The molecule has 1 saturated carbocycles. The first kappa shape index (κ1) is 15.1. The van der Waals surface area contributed by atoms with Gasteiger partial charge in [-0.1, -0.05) is 11.3 Å². The van der Waals surface area contributed by atoms with Gasteiger partial charge in [-0.15, -0.1) is 0 Å². The first-order valence-corrected chi connectivity index (χ1v) is 7.60. The highest BCUT2D eigenvalue weighted by atomic mass is 32.1. The van der Waals surface area contributed by atoms with Crippen molar-refractivity contribution in [1.29, 1.82) is 0 Å². The predicted molar refractivity (Wildman–Crippen MR) is 81.0 cm³/mol. The van der Waals surface area contributed by atoms with Crippen molar-refractivity contribution in [2.45, 2.75) is 45.2 Å². The average Bonchev–Trinajstić information content (AvgIpc) is 3.08. The number of carbonyl (C=O) groups excluding carboxylic acids is 1. The summed E-state index contributed by atoms with van der Waals surface area (Å²) < 4.78 is 0. The highest BCUT2D eigenvalue weighted by molar-refractivity contribution is 7.18. The number of hydrogen-bond donors (Lipinski definition) is 3. The van der Waals surface area contributed by atoms with E-state index >= 15 is 0 Å². The largest absolute Gasteiger partial charge is 0.395 e. The number of nitrogens with one attached hydrogen (secondary N) is 1. The second kappa shape index (κ2) is 5.57. The van der Waals surface area contributed by atoms with Gasteiger partial charge in [-0.2, -0.15) is 0 Å². The summed E-state index contributed by atoms with van der Waals surface area (Å²) in [5, 5.41) is 13.0. The summed E-state index contributed by atoms with van der Waals surface area (Å²) in [6.45, 7) is 6.38. The Balaban J connectivity index is 2.16. The van der Waals surface area contributed by atoms with Gasteiger partial charge in [0.1, 0.15) is 10.7 Å². The molecule has 0 radical (unpaired) electrons. The number of aromatic nitrogens is 1. The SMILES string of the molecule is CC(C)(C)Nc1nc(N)c(C(=O)N(CCO)C2CC2)s1. The molecule has 7 heteroatoms. The summed E-state index contributed by atoms with van der Waals surface area (Å²) in [6.07, 6.45) is 2.00. The van der Waals surface area contributed by atoms with E-state index in [1.165, 1.54) is 11.3 Å². The monoisotopic (exact) mass is 298 g/mol. The number of rotatable bonds is 5. The minimum atomic E-state index is -0.133. The number of amides is 1. The molecule has 0 aliphatic heterocycles. The third-order valence-corrected chi connectivity index (χ3v) is 3.89. The van der Waals surface area contributed by atoms with Gasteiger partial charge in [-0.3, -0.25) is 4.79 Å². The maximum atomic E-state index is 12.5. The van der Waals surface area contributed by atoms with Crippen LogP contribution in [0.5, 0.6) is 0 Å². The van der Waals surface area contributed by atoms with Crippen molar-refractivity contribution in [2.24, 2.45) is 0 Å². The predicted octanol–water partition coefficient (Wildman–Crippen LogP) is 1.53. The number of nitrogen functional groups attached to an aromatic ring is 1. The minimum Gasteiger partial charge on any atom is -0.395 e. The molecular weight excluding hydrogens is 276 g/mol. The Bertz CT molecular complexity index is 491. The summed E-state index contributed by atoms with van der Waals surface area (Å²) in [7, 11) is 0. The fourth-order valence-corrected chi connectivity index (χ4v) is 2.98. The summed E-state index contributed by atoms with van der Waals surface area (Å²) in [5.41, 5.74) is 5.73. The van der Waals surface area contributed by atoms with Crippen molar-refractivity contribution in [2.75, 3.05) is 24.2 Å². The lowest BCUT2D eigenvalue weighted by Crippen LogP contribution is -2.35. The van der Waals surface area contributed by atoms with Crippen LogP contribution in [0.25, 0.3) is 0 Å². The van der Waals surface area contributed by atoms with E-state index in [0.29, 0.717) is 16.6 Å². The molecule has 0 aromatic carbocycles. The van der Waals surface area contributed by atoms with Gasteiger partial charge in [0.2, 0.25) is 0 Å². The minimum absolute atomic E-state index is 0.0337. The van der Waals surface area contributed by atoms with Gasteiger partial charge in [0.25, 0.3) is 5.91 Å². The summed E-state index contributed by atoms with van der Waals surface area (Å²) in [6, 6.07) is 0.246. The lowest BCUT2D eigenvalue weighted by Gasteiger charge is -2.20. The van der Waals surface area contributed by atoms with Crippen LogP contribution in [0.15, 0.2) is 0 Å². The van der Waals surface area contributed by atoms with E-state index in [9.17, 15) is 4.79 Å². The van der Waals surface area contributed by atoms with Gasteiger partial charge in [0.15, 0.2) is 5.13 Å². The van der Waals surface area contributed by atoms with Gasteiger partial charge < -0.3 is 21.1 Å². The van der Waals surface area contributed by atoms with Crippen molar-refractivity contribution >= 4 is 28.2 Å². The molecule has 1 aromatic heterocycles. The zero-order chi connectivity index (χ0) is 14.9. The van der Waals surface area contributed by atoms with Crippen LogP contribution >= 0.6 is 11.3 Å². The molecule has 1 aliphatic carbocycles. The Morgan fingerprint density at radius 2 is 2.20 bits per heavy atom. The lowest BCUT2D eigenvalue weighted by molar-refractivity contribution is 0.0713. The summed E-state index contributed by atoms with van der Waals surface area (Å²) in [4.78, 5) is 18.9. The molecule has 0 saturated heterocycles. The topological polar surface area (TPSA) is 91.5 Å². The quantitative estimate of drug-likeness (QED) is 0.767. The number of thiazole rings is 1. The van der Waals surface area contributed by atoms with Crippen LogP contribution in [-0.2, 0) is 0 Å². The van der Waals surface area contributed by atoms with Crippen LogP contribution in [0.1, 0.15) is 43.3 Å². The van der Waals surface area contributed by atoms with E-state index in [-0.39, 0.29) is 29.9 Å². The third-order valence-electron chi connectivity index (χ3n) is 2.92. The van der Waals surface area contributed by atoms with Gasteiger partial charge in [0, 0.05) is 18.1 Å². The van der Waals surface area contributed by atoms with Crippen LogP contribution in [0.3, 0.4) is 0 Å². The van der Waals surface area contributed by atoms with Gasteiger partial charge >= 0.3 is 0 Å². The van der Waals surface area contributed by atoms with Crippen LogP contribution in [0, 0.1) is 0 Å². The van der Waals surface area contributed by atoms with Crippen LogP contribution in [0.2, 0.25) is 0 Å².